The molecule has 0 N–H and O–H groups in total. The van der Waals surface area contributed by atoms with Gasteiger partial charge in [0.25, 0.3) is 0 Å². The summed E-state index contributed by atoms with van der Waals surface area (Å²) >= 11 is 0. The van der Waals surface area contributed by atoms with Crippen molar-refractivity contribution in [1.82, 2.24) is 0 Å². The second kappa shape index (κ2) is 8.49. The van der Waals surface area contributed by atoms with E-state index < -0.39 is 9.05 Å². The highest BCUT2D eigenvalue weighted by Gasteiger charge is 2.11. The van der Waals surface area contributed by atoms with Crippen LogP contribution in [0.15, 0.2) is 18.2 Å². The van der Waals surface area contributed by atoms with Gasteiger partial charge in [-0.2, -0.15) is 0 Å². The predicted octanol–water partition coefficient (Wildman–Crippen LogP) is 3.62. The molecule has 0 aliphatic rings. The number of hydrogen-bond acceptors (Lipinski definition) is 4. The molecule has 1 rings (SSSR count). The van der Waals surface area contributed by atoms with E-state index in [-0.39, 0.29) is 11.7 Å². The predicted molar refractivity (Wildman–Crippen MR) is 85.9 cm³/mol. The number of halogens is 1. The fourth-order valence-electron chi connectivity index (χ4n) is 1.91. The first-order valence-corrected chi connectivity index (χ1v) is 9.55. The highest BCUT2D eigenvalue weighted by atomic mass is 35.7. The summed E-state index contributed by atoms with van der Waals surface area (Å²) in [4.78, 5) is 0. The normalized spacial score (nSPS) is 13.0. The first-order chi connectivity index (χ1) is 9.85. The summed E-state index contributed by atoms with van der Waals surface area (Å²) < 4.78 is 32.8. The maximum Gasteiger partial charge on any atom is 0.232 e. The van der Waals surface area contributed by atoms with E-state index in [9.17, 15) is 8.42 Å². The van der Waals surface area contributed by atoms with Crippen LogP contribution in [0.4, 0.5) is 0 Å². The molecule has 0 fully saturated rings. The summed E-state index contributed by atoms with van der Waals surface area (Å²) in [5, 5.41) is 0. The van der Waals surface area contributed by atoms with Gasteiger partial charge < -0.3 is 9.47 Å². The van der Waals surface area contributed by atoms with Gasteiger partial charge in [-0.3, -0.25) is 0 Å². The van der Waals surface area contributed by atoms with Crippen LogP contribution in [-0.2, 0) is 15.5 Å². The Labute approximate surface area is 131 Å². The van der Waals surface area contributed by atoms with Gasteiger partial charge in [-0.25, -0.2) is 8.42 Å². The third kappa shape index (κ3) is 7.05. The zero-order valence-corrected chi connectivity index (χ0v) is 14.3. The first-order valence-electron chi connectivity index (χ1n) is 7.07. The lowest BCUT2D eigenvalue weighted by molar-refractivity contribution is 0.267. The number of aryl methyl sites for hydroxylation is 1. The molecular weight excluding hydrogens is 312 g/mol. The number of methoxy groups -OCH3 is 1. The van der Waals surface area contributed by atoms with Gasteiger partial charge in [0.15, 0.2) is 11.5 Å². The molecule has 0 spiro atoms. The molecule has 1 aromatic rings. The van der Waals surface area contributed by atoms with Crippen molar-refractivity contribution in [2.24, 2.45) is 5.92 Å². The fraction of sp³-hybridized carbons (Fsp3) is 0.600. The Morgan fingerprint density at radius 2 is 1.95 bits per heavy atom. The van der Waals surface area contributed by atoms with E-state index >= 15 is 0 Å². The van der Waals surface area contributed by atoms with Gasteiger partial charge in [0, 0.05) is 10.7 Å². The molecule has 4 nitrogen and oxygen atoms in total. The van der Waals surface area contributed by atoms with Crippen LogP contribution < -0.4 is 9.47 Å². The van der Waals surface area contributed by atoms with Crippen LogP contribution in [0.25, 0.3) is 0 Å². The molecule has 0 amide bonds. The standard InChI is InChI=1S/C15H23ClO4S/c1-4-13-5-6-14(15(11-13)19-3)20-9-7-12(2)8-10-21(16,17)18/h5-6,11-12H,4,7-10H2,1-3H3. The molecule has 1 unspecified atom stereocenters. The molecule has 0 saturated heterocycles. The number of ether oxygens (including phenoxy) is 2. The SMILES string of the molecule is CCc1ccc(OCCC(C)CCS(=O)(=O)Cl)c(OC)c1. The molecule has 120 valence electrons. The monoisotopic (exact) mass is 334 g/mol. The molecule has 0 heterocycles. The lowest BCUT2D eigenvalue weighted by Crippen LogP contribution is -2.09. The summed E-state index contributed by atoms with van der Waals surface area (Å²) in [7, 11) is 3.42. The van der Waals surface area contributed by atoms with Gasteiger partial charge in [0.05, 0.1) is 19.5 Å². The third-order valence-corrected chi connectivity index (χ3v) is 4.55. The van der Waals surface area contributed by atoms with E-state index in [1.54, 1.807) is 7.11 Å². The van der Waals surface area contributed by atoms with E-state index in [0.29, 0.717) is 18.8 Å². The Morgan fingerprint density at radius 1 is 1.24 bits per heavy atom. The second-order valence-corrected chi connectivity index (χ2v) is 8.01. The average molecular weight is 335 g/mol. The van der Waals surface area contributed by atoms with E-state index in [4.69, 9.17) is 20.2 Å². The Balaban J connectivity index is 2.45. The van der Waals surface area contributed by atoms with E-state index in [1.165, 1.54) is 5.56 Å². The minimum Gasteiger partial charge on any atom is -0.493 e. The van der Waals surface area contributed by atoms with Crippen molar-refractivity contribution >= 4 is 19.7 Å². The Hall–Kier alpha value is -0.940. The smallest absolute Gasteiger partial charge is 0.232 e. The average Bonchev–Trinajstić information content (AvgIpc) is 2.44. The van der Waals surface area contributed by atoms with Crippen LogP contribution in [0.1, 0.15) is 32.3 Å². The maximum atomic E-state index is 10.9. The fourth-order valence-corrected chi connectivity index (χ4v) is 2.86. The number of hydrogen-bond donors (Lipinski definition) is 0. The minimum atomic E-state index is -3.40. The third-order valence-electron chi connectivity index (χ3n) is 3.36. The van der Waals surface area contributed by atoms with Gasteiger partial charge in [-0.05, 0) is 42.9 Å². The van der Waals surface area contributed by atoms with E-state index in [2.05, 4.69) is 6.92 Å². The Kier molecular flexibility index (Phi) is 7.32. The molecule has 0 saturated carbocycles. The van der Waals surface area contributed by atoms with Crippen molar-refractivity contribution in [3.63, 3.8) is 0 Å². The highest BCUT2D eigenvalue weighted by molar-refractivity contribution is 8.13. The van der Waals surface area contributed by atoms with Crippen molar-refractivity contribution in [1.29, 1.82) is 0 Å². The summed E-state index contributed by atoms with van der Waals surface area (Å²) in [6, 6.07) is 5.89. The van der Waals surface area contributed by atoms with Crippen molar-refractivity contribution in [3.05, 3.63) is 23.8 Å². The molecule has 0 aliphatic carbocycles. The topological polar surface area (TPSA) is 52.6 Å². The van der Waals surface area contributed by atoms with E-state index in [0.717, 1.165) is 18.6 Å². The second-order valence-electron chi connectivity index (χ2n) is 5.11. The van der Waals surface area contributed by atoms with Crippen LogP contribution >= 0.6 is 10.7 Å². The van der Waals surface area contributed by atoms with Crippen molar-refractivity contribution in [3.8, 4) is 11.5 Å². The zero-order chi connectivity index (χ0) is 15.9. The van der Waals surface area contributed by atoms with Crippen LogP contribution in [0.3, 0.4) is 0 Å². The molecule has 1 aromatic carbocycles. The van der Waals surface area contributed by atoms with Crippen molar-refractivity contribution in [2.45, 2.75) is 33.1 Å². The first kappa shape index (κ1) is 18.1. The highest BCUT2D eigenvalue weighted by Crippen LogP contribution is 2.28. The quantitative estimate of drug-likeness (QED) is 0.647. The van der Waals surface area contributed by atoms with Crippen molar-refractivity contribution < 1.29 is 17.9 Å². The number of rotatable bonds is 9. The molecule has 0 bridgehead atoms. The van der Waals surface area contributed by atoms with E-state index in [1.807, 2.05) is 25.1 Å². The molecule has 0 radical (unpaired) electrons. The van der Waals surface area contributed by atoms with Gasteiger partial charge >= 0.3 is 0 Å². The van der Waals surface area contributed by atoms with Gasteiger partial charge in [0.1, 0.15) is 0 Å². The van der Waals surface area contributed by atoms with Crippen LogP contribution in [0.5, 0.6) is 11.5 Å². The largest absolute Gasteiger partial charge is 0.493 e. The maximum absolute atomic E-state index is 10.9. The Morgan fingerprint density at radius 3 is 2.52 bits per heavy atom. The molecule has 21 heavy (non-hydrogen) atoms. The zero-order valence-electron chi connectivity index (χ0n) is 12.8. The number of benzene rings is 1. The van der Waals surface area contributed by atoms with Crippen molar-refractivity contribution in [2.75, 3.05) is 19.5 Å². The Bertz CT molecular complexity index is 543. The molecule has 6 heteroatoms. The molecular formula is C15H23ClO4S. The van der Waals surface area contributed by atoms with Gasteiger partial charge in [0.2, 0.25) is 9.05 Å². The molecule has 0 aliphatic heterocycles. The summed E-state index contributed by atoms with van der Waals surface area (Å²) in [5.74, 6) is 1.68. The summed E-state index contributed by atoms with van der Waals surface area (Å²) in [5.41, 5.74) is 1.19. The molecule has 0 aromatic heterocycles. The van der Waals surface area contributed by atoms with Gasteiger partial charge in [-0.15, -0.1) is 0 Å². The van der Waals surface area contributed by atoms with Crippen LogP contribution in [0.2, 0.25) is 0 Å². The van der Waals surface area contributed by atoms with Crippen LogP contribution in [-0.4, -0.2) is 27.9 Å². The minimum absolute atomic E-state index is 0.00421. The summed E-state index contributed by atoms with van der Waals surface area (Å²) in [6.45, 7) is 4.59. The summed E-state index contributed by atoms with van der Waals surface area (Å²) in [6.07, 6.45) is 2.26. The van der Waals surface area contributed by atoms with Crippen LogP contribution in [0, 0.1) is 5.92 Å². The van der Waals surface area contributed by atoms with Gasteiger partial charge in [-0.1, -0.05) is 19.9 Å². The lowest BCUT2D eigenvalue weighted by Gasteiger charge is -2.14. The lowest BCUT2D eigenvalue weighted by atomic mass is 10.1. The molecule has 1 atom stereocenters.